The first kappa shape index (κ1) is 10.1. The smallest absolute Gasteiger partial charge is 0.0498 e. The average molecular weight is 197 g/mol. The Morgan fingerprint density at radius 2 is 2.31 bits per heavy atom. The van der Waals surface area contributed by atoms with Crippen LogP contribution in [0.1, 0.15) is 5.56 Å². The number of likely N-dealkylation sites (N-methyl/N-ethyl adjacent to an activating group) is 1. The molecule has 2 nitrogen and oxygen atoms in total. The summed E-state index contributed by atoms with van der Waals surface area (Å²) < 4.78 is 0. The molecular weight excluding hydrogens is 184 g/mol. The summed E-state index contributed by atoms with van der Waals surface area (Å²) in [6.45, 7) is 0.834. The molecule has 13 heavy (non-hydrogen) atoms. The van der Waals surface area contributed by atoms with Crippen LogP contribution in [0.3, 0.4) is 0 Å². The Kier molecular flexibility index (Phi) is 3.80. The lowest BCUT2D eigenvalue weighted by Crippen LogP contribution is -2.03. The van der Waals surface area contributed by atoms with Gasteiger partial charge in [-0.2, -0.15) is 0 Å². The van der Waals surface area contributed by atoms with Crippen LogP contribution in [0.4, 0.5) is 5.69 Å². The standard InChI is InChI=1S/C10H13ClN2/c1-13-6-2-3-8-4-5-9(12)7-10(8)11/h2-5,7,13H,6,12H2,1H3. The van der Waals surface area contributed by atoms with Crippen LogP contribution in [-0.4, -0.2) is 13.6 Å². The van der Waals surface area contributed by atoms with Crippen LogP contribution in [0.25, 0.3) is 6.08 Å². The Balaban J connectivity index is 2.77. The highest BCUT2D eigenvalue weighted by Gasteiger charge is 1.95. The van der Waals surface area contributed by atoms with Crippen molar-refractivity contribution >= 4 is 23.4 Å². The molecular formula is C10H13ClN2. The van der Waals surface area contributed by atoms with Crippen LogP contribution in [0.5, 0.6) is 0 Å². The zero-order valence-electron chi connectivity index (χ0n) is 7.55. The van der Waals surface area contributed by atoms with E-state index in [1.807, 2.05) is 31.3 Å². The van der Waals surface area contributed by atoms with Crippen LogP contribution < -0.4 is 11.1 Å². The van der Waals surface area contributed by atoms with E-state index in [-0.39, 0.29) is 0 Å². The van der Waals surface area contributed by atoms with Gasteiger partial charge in [0, 0.05) is 17.3 Å². The fraction of sp³-hybridized carbons (Fsp3) is 0.200. The lowest BCUT2D eigenvalue weighted by atomic mass is 10.2. The molecule has 0 atom stereocenters. The summed E-state index contributed by atoms with van der Waals surface area (Å²) in [6.07, 6.45) is 3.98. The maximum atomic E-state index is 5.96. The molecule has 1 aromatic rings. The monoisotopic (exact) mass is 196 g/mol. The second kappa shape index (κ2) is 4.90. The van der Waals surface area contributed by atoms with Gasteiger partial charge in [0.05, 0.1) is 0 Å². The molecule has 0 bridgehead atoms. The summed E-state index contributed by atoms with van der Waals surface area (Å²) in [4.78, 5) is 0. The van der Waals surface area contributed by atoms with E-state index in [0.717, 1.165) is 12.1 Å². The highest BCUT2D eigenvalue weighted by molar-refractivity contribution is 6.32. The van der Waals surface area contributed by atoms with E-state index in [9.17, 15) is 0 Å². The minimum Gasteiger partial charge on any atom is -0.399 e. The van der Waals surface area contributed by atoms with Gasteiger partial charge in [0.15, 0.2) is 0 Å². The molecule has 3 heteroatoms. The minimum absolute atomic E-state index is 0.687. The first-order chi connectivity index (χ1) is 6.24. The van der Waals surface area contributed by atoms with Crippen LogP contribution in [-0.2, 0) is 0 Å². The van der Waals surface area contributed by atoms with E-state index >= 15 is 0 Å². The second-order valence-corrected chi connectivity index (χ2v) is 3.15. The van der Waals surface area contributed by atoms with Gasteiger partial charge in [-0.3, -0.25) is 0 Å². The van der Waals surface area contributed by atoms with Crippen molar-refractivity contribution in [2.45, 2.75) is 0 Å². The summed E-state index contributed by atoms with van der Waals surface area (Å²) in [6, 6.07) is 5.50. The number of nitrogens with two attached hydrogens (primary N) is 1. The Hall–Kier alpha value is -0.990. The predicted octanol–water partition coefficient (Wildman–Crippen LogP) is 2.15. The van der Waals surface area contributed by atoms with Crippen LogP contribution >= 0.6 is 11.6 Å². The fourth-order valence-corrected chi connectivity index (χ4v) is 1.23. The number of halogens is 1. The Labute approximate surface area is 83.4 Å². The Bertz CT molecular complexity index is 308. The molecule has 1 aromatic carbocycles. The lowest BCUT2D eigenvalue weighted by molar-refractivity contribution is 0.922. The quantitative estimate of drug-likeness (QED) is 0.728. The fourth-order valence-electron chi connectivity index (χ4n) is 0.982. The number of hydrogen-bond acceptors (Lipinski definition) is 2. The largest absolute Gasteiger partial charge is 0.399 e. The van der Waals surface area contributed by atoms with Gasteiger partial charge in [-0.25, -0.2) is 0 Å². The van der Waals surface area contributed by atoms with Gasteiger partial charge in [-0.15, -0.1) is 0 Å². The van der Waals surface area contributed by atoms with Gasteiger partial charge in [0.2, 0.25) is 0 Å². The molecule has 0 aromatic heterocycles. The Morgan fingerprint density at radius 1 is 1.54 bits per heavy atom. The highest BCUT2D eigenvalue weighted by Crippen LogP contribution is 2.19. The molecule has 0 spiro atoms. The third-order valence-electron chi connectivity index (χ3n) is 1.64. The van der Waals surface area contributed by atoms with Gasteiger partial charge in [-0.1, -0.05) is 29.8 Å². The summed E-state index contributed by atoms with van der Waals surface area (Å²) in [5, 5.41) is 3.70. The van der Waals surface area contributed by atoms with E-state index in [0.29, 0.717) is 10.7 Å². The number of nitrogen functional groups attached to an aromatic ring is 1. The molecule has 0 aliphatic rings. The normalized spacial score (nSPS) is 10.9. The first-order valence-electron chi connectivity index (χ1n) is 4.10. The van der Waals surface area contributed by atoms with E-state index < -0.39 is 0 Å². The molecule has 0 fully saturated rings. The van der Waals surface area contributed by atoms with E-state index in [1.165, 1.54) is 0 Å². The molecule has 0 aliphatic heterocycles. The van der Waals surface area contributed by atoms with Crippen molar-refractivity contribution in [2.75, 3.05) is 19.3 Å². The van der Waals surface area contributed by atoms with Gasteiger partial charge < -0.3 is 11.1 Å². The second-order valence-electron chi connectivity index (χ2n) is 2.74. The molecule has 0 saturated carbocycles. The van der Waals surface area contributed by atoms with Crippen LogP contribution in [0, 0.1) is 0 Å². The van der Waals surface area contributed by atoms with Crippen molar-refractivity contribution < 1.29 is 0 Å². The molecule has 0 amide bonds. The van der Waals surface area contributed by atoms with E-state index in [2.05, 4.69) is 5.32 Å². The van der Waals surface area contributed by atoms with E-state index in [1.54, 1.807) is 6.07 Å². The van der Waals surface area contributed by atoms with E-state index in [4.69, 9.17) is 17.3 Å². The van der Waals surface area contributed by atoms with Gasteiger partial charge in [0.25, 0.3) is 0 Å². The maximum absolute atomic E-state index is 5.96. The molecule has 0 unspecified atom stereocenters. The van der Waals surface area contributed by atoms with Gasteiger partial charge >= 0.3 is 0 Å². The Morgan fingerprint density at radius 3 is 2.92 bits per heavy atom. The molecule has 1 rings (SSSR count). The summed E-state index contributed by atoms with van der Waals surface area (Å²) in [5.41, 5.74) is 7.24. The summed E-state index contributed by atoms with van der Waals surface area (Å²) >= 11 is 5.96. The molecule has 0 heterocycles. The molecule has 3 N–H and O–H groups in total. The minimum atomic E-state index is 0.687. The predicted molar refractivity (Wildman–Crippen MR) is 58.8 cm³/mol. The zero-order valence-corrected chi connectivity index (χ0v) is 8.31. The number of rotatable bonds is 3. The van der Waals surface area contributed by atoms with Gasteiger partial charge in [0.1, 0.15) is 0 Å². The highest BCUT2D eigenvalue weighted by atomic mass is 35.5. The third-order valence-corrected chi connectivity index (χ3v) is 1.97. The maximum Gasteiger partial charge on any atom is 0.0498 e. The zero-order chi connectivity index (χ0) is 9.68. The van der Waals surface area contributed by atoms with Crippen LogP contribution in [0.2, 0.25) is 5.02 Å². The van der Waals surface area contributed by atoms with Crippen molar-refractivity contribution in [2.24, 2.45) is 0 Å². The summed E-state index contributed by atoms with van der Waals surface area (Å²) in [5.74, 6) is 0. The molecule has 0 aliphatic carbocycles. The van der Waals surface area contributed by atoms with Crippen molar-refractivity contribution in [3.8, 4) is 0 Å². The molecule has 0 radical (unpaired) electrons. The number of anilines is 1. The number of nitrogens with one attached hydrogen (secondary N) is 1. The lowest BCUT2D eigenvalue weighted by Gasteiger charge is -1.99. The number of benzene rings is 1. The molecule has 0 saturated heterocycles. The van der Waals surface area contributed by atoms with Gasteiger partial charge in [-0.05, 0) is 24.7 Å². The topological polar surface area (TPSA) is 38.0 Å². The van der Waals surface area contributed by atoms with Crippen molar-refractivity contribution in [3.63, 3.8) is 0 Å². The SMILES string of the molecule is CNCC=Cc1ccc(N)cc1Cl. The van der Waals surface area contributed by atoms with Crippen molar-refractivity contribution in [1.82, 2.24) is 5.32 Å². The molecule has 70 valence electrons. The number of hydrogen-bond donors (Lipinski definition) is 2. The van der Waals surface area contributed by atoms with Crippen molar-refractivity contribution in [3.05, 3.63) is 34.9 Å². The van der Waals surface area contributed by atoms with Crippen molar-refractivity contribution in [1.29, 1.82) is 0 Å². The third kappa shape index (κ3) is 3.09. The first-order valence-corrected chi connectivity index (χ1v) is 4.48. The average Bonchev–Trinajstić information content (AvgIpc) is 2.09. The summed E-state index contributed by atoms with van der Waals surface area (Å²) in [7, 11) is 1.90. The van der Waals surface area contributed by atoms with Crippen LogP contribution in [0.15, 0.2) is 24.3 Å².